The summed E-state index contributed by atoms with van der Waals surface area (Å²) in [6.45, 7) is 6.53. The summed E-state index contributed by atoms with van der Waals surface area (Å²) in [7, 11) is 0. The van der Waals surface area contributed by atoms with Gasteiger partial charge in [0.2, 0.25) is 5.91 Å². The van der Waals surface area contributed by atoms with E-state index in [2.05, 4.69) is 31.3 Å². The molecule has 1 atom stereocenters. The zero-order valence-electron chi connectivity index (χ0n) is 22.5. The zero-order valence-corrected chi connectivity index (χ0v) is 23.3. The van der Waals surface area contributed by atoms with Gasteiger partial charge in [-0.15, -0.1) is 0 Å². The standard InChI is InChI=1S/C31H32F3N3O2S/c1-22(2)36(20-24-9-4-3-5-10-24)18-8-17-35-29(38)21-37-26-11-6-7-12-27(26)40-28(30(37)39)19-23-13-15-25(16-14-23)31(32,33)34/h3-7,9-16,19,22H,8,17-18,20-21H2,1-2H3,(H,35,38)/p+1. The third kappa shape index (κ3) is 7.76. The summed E-state index contributed by atoms with van der Waals surface area (Å²) in [5.41, 5.74) is 1.63. The number of amides is 2. The number of hydrogen-bond acceptors (Lipinski definition) is 3. The average Bonchev–Trinajstić information content (AvgIpc) is 2.93. The van der Waals surface area contributed by atoms with Crippen LogP contribution in [0.15, 0.2) is 88.7 Å². The summed E-state index contributed by atoms with van der Waals surface area (Å²) in [6.07, 6.45) is -2.07. The first-order valence-electron chi connectivity index (χ1n) is 13.2. The fourth-order valence-corrected chi connectivity index (χ4v) is 5.58. The van der Waals surface area contributed by atoms with Crippen molar-refractivity contribution >= 4 is 35.3 Å². The van der Waals surface area contributed by atoms with Crippen molar-refractivity contribution in [3.8, 4) is 0 Å². The maximum atomic E-state index is 13.4. The van der Waals surface area contributed by atoms with E-state index in [0.29, 0.717) is 28.7 Å². The fourth-order valence-electron chi connectivity index (χ4n) is 4.52. The van der Waals surface area contributed by atoms with Gasteiger partial charge in [0.1, 0.15) is 13.1 Å². The molecule has 9 heteroatoms. The highest BCUT2D eigenvalue weighted by molar-refractivity contribution is 8.04. The van der Waals surface area contributed by atoms with Gasteiger partial charge in [-0.1, -0.05) is 66.4 Å². The van der Waals surface area contributed by atoms with Gasteiger partial charge in [0.05, 0.1) is 28.7 Å². The van der Waals surface area contributed by atoms with E-state index in [1.807, 2.05) is 30.3 Å². The molecule has 0 radical (unpaired) electrons. The Morgan fingerprint density at radius 3 is 2.35 bits per heavy atom. The second-order valence-electron chi connectivity index (χ2n) is 10.0. The molecule has 2 N–H and O–H groups in total. The summed E-state index contributed by atoms with van der Waals surface area (Å²) in [6, 6.07) is 22.7. The van der Waals surface area contributed by atoms with Gasteiger partial charge in [0.15, 0.2) is 0 Å². The van der Waals surface area contributed by atoms with E-state index in [0.717, 1.165) is 36.5 Å². The number of carbonyl (C=O) groups excluding carboxylic acids is 2. The molecule has 2 amide bonds. The van der Waals surface area contributed by atoms with E-state index in [1.165, 1.54) is 39.3 Å². The quantitative estimate of drug-likeness (QED) is 0.262. The van der Waals surface area contributed by atoms with E-state index >= 15 is 0 Å². The van der Waals surface area contributed by atoms with Gasteiger partial charge in [-0.05, 0) is 49.8 Å². The lowest BCUT2D eigenvalue weighted by molar-refractivity contribution is -0.935. The van der Waals surface area contributed by atoms with Crippen LogP contribution in [0.1, 0.15) is 37.0 Å². The minimum Gasteiger partial charge on any atom is -0.354 e. The normalized spacial score (nSPS) is 15.3. The molecule has 1 aliphatic rings. The molecule has 210 valence electrons. The first-order valence-corrected chi connectivity index (χ1v) is 14.1. The number of thioether (sulfide) groups is 1. The molecule has 0 saturated carbocycles. The third-order valence-electron chi connectivity index (χ3n) is 6.76. The van der Waals surface area contributed by atoms with Gasteiger partial charge in [0.25, 0.3) is 5.91 Å². The minimum absolute atomic E-state index is 0.147. The van der Waals surface area contributed by atoms with Gasteiger partial charge in [-0.25, -0.2) is 0 Å². The van der Waals surface area contributed by atoms with Gasteiger partial charge in [-0.2, -0.15) is 13.2 Å². The molecule has 5 nitrogen and oxygen atoms in total. The first kappa shape index (κ1) is 29.4. The summed E-state index contributed by atoms with van der Waals surface area (Å²) in [4.78, 5) is 30.3. The molecule has 3 aromatic rings. The topological polar surface area (TPSA) is 53.9 Å². The van der Waals surface area contributed by atoms with Crippen molar-refractivity contribution in [3.05, 3.63) is 100 Å². The van der Waals surface area contributed by atoms with Crippen molar-refractivity contribution in [3.63, 3.8) is 0 Å². The van der Waals surface area contributed by atoms with E-state index in [9.17, 15) is 22.8 Å². The number of rotatable bonds is 10. The second-order valence-corrected chi connectivity index (χ2v) is 11.1. The Morgan fingerprint density at radius 1 is 1.00 bits per heavy atom. The van der Waals surface area contributed by atoms with Crippen LogP contribution in [0, 0.1) is 0 Å². The Morgan fingerprint density at radius 2 is 1.68 bits per heavy atom. The van der Waals surface area contributed by atoms with Crippen LogP contribution in [-0.2, 0) is 22.3 Å². The molecule has 0 saturated heterocycles. The molecule has 1 heterocycles. The van der Waals surface area contributed by atoms with E-state index in [4.69, 9.17) is 0 Å². The number of anilines is 1. The maximum absolute atomic E-state index is 13.4. The number of carbonyl (C=O) groups is 2. The molecule has 40 heavy (non-hydrogen) atoms. The average molecular weight is 569 g/mol. The highest BCUT2D eigenvalue weighted by atomic mass is 32.2. The number of fused-ring (bicyclic) bond motifs is 1. The van der Waals surface area contributed by atoms with E-state index in [1.54, 1.807) is 18.2 Å². The number of para-hydroxylation sites is 1. The van der Waals surface area contributed by atoms with Crippen molar-refractivity contribution in [2.45, 2.75) is 43.9 Å². The molecule has 0 spiro atoms. The number of halogens is 3. The molecule has 0 aliphatic carbocycles. The fraction of sp³-hybridized carbons (Fsp3) is 0.290. The van der Waals surface area contributed by atoms with Gasteiger partial charge in [-0.3, -0.25) is 14.5 Å². The van der Waals surface area contributed by atoms with Gasteiger partial charge in [0, 0.05) is 23.4 Å². The monoisotopic (exact) mass is 568 g/mol. The van der Waals surface area contributed by atoms with E-state index in [-0.39, 0.29) is 18.4 Å². The van der Waals surface area contributed by atoms with Crippen molar-refractivity contribution in [2.24, 2.45) is 0 Å². The molecule has 0 bridgehead atoms. The zero-order chi connectivity index (χ0) is 28.7. The summed E-state index contributed by atoms with van der Waals surface area (Å²) < 4.78 is 38.8. The summed E-state index contributed by atoms with van der Waals surface area (Å²) >= 11 is 1.24. The van der Waals surface area contributed by atoms with Crippen LogP contribution in [0.25, 0.3) is 6.08 Å². The minimum atomic E-state index is -4.43. The Balaban J connectivity index is 1.38. The number of nitrogens with zero attached hydrogens (tertiary/aromatic N) is 1. The van der Waals surface area contributed by atoms with E-state index < -0.39 is 11.7 Å². The van der Waals surface area contributed by atoms with Crippen LogP contribution in [0.4, 0.5) is 18.9 Å². The van der Waals surface area contributed by atoms with Crippen LogP contribution in [0.2, 0.25) is 0 Å². The molecule has 0 aromatic heterocycles. The molecule has 4 rings (SSSR count). The number of nitrogens with one attached hydrogen (secondary N) is 2. The lowest BCUT2D eigenvalue weighted by Gasteiger charge is -2.30. The Hall–Kier alpha value is -3.56. The van der Waals surface area contributed by atoms with Crippen molar-refractivity contribution in [2.75, 3.05) is 24.5 Å². The molecule has 1 unspecified atom stereocenters. The second kappa shape index (κ2) is 13.2. The molecular weight excluding hydrogens is 535 g/mol. The van der Waals surface area contributed by atoms with Crippen LogP contribution in [-0.4, -0.2) is 37.5 Å². The molecule has 3 aromatic carbocycles. The Bertz CT molecular complexity index is 1340. The van der Waals surface area contributed by atoms with Crippen molar-refractivity contribution in [1.82, 2.24) is 5.32 Å². The molecule has 1 aliphatic heterocycles. The lowest BCUT2D eigenvalue weighted by atomic mass is 10.1. The third-order valence-corrected chi connectivity index (χ3v) is 7.83. The Kier molecular flexibility index (Phi) is 9.71. The highest BCUT2D eigenvalue weighted by Gasteiger charge is 2.32. The first-order chi connectivity index (χ1) is 19.1. The van der Waals surface area contributed by atoms with Gasteiger partial charge < -0.3 is 10.2 Å². The molecule has 0 fully saturated rings. The largest absolute Gasteiger partial charge is 0.416 e. The van der Waals surface area contributed by atoms with Crippen molar-refractivity contribution in [1.29, 1.82) is 0 Å². The number of hydrogen-bond donors (Lipinski definition) is 2. The van der Waals surface area contributed by atoms with Crippen LogP contribution >= 0.6 is 11.8 Å². The van der Waals surface area contributed by atoms with Crippen LogP contribution in [0.3, 0.4) is 0 Å². The predicted molar refractivity (Wildman–Crippen MR) is 153 cm³/mol. The number of alkyl halides is 3. The van der Waals surface area contributed by atoms with Crippen LogP contribution in [0.5, 0.6) is 0 Å². The SMILES string of the molecule is CC(C)[NH+](CCCNC(=O)CN1C(=O)C(=Cc2ccc(C(F)(F)F)cc2)Sc2ccccc21)Cc1ccccc1. The maximum Gasteiger partial charge on any atom is 0.416 e. The predicted octanol–water partition coefficient (Wildman–Crippen LogP) is 5.19. The summed E-state index contributed by atoms with van der Waals surface area (Å²) in [5.74, 6) is -0.630. The smallest absolute Gasteiger partial charge is 0.354 e. The lowest BCUT2D eigenvalue weighted by Crippen LogP contribution is -3.13. The number of quaternary nitrogens is 1. The molecular formula is C31H33F3N3O2S+. The van der Waals surface area contributed by atoms with Crippen LogP contribution < -0.4 is 15.1 Å². The highest BCUT2D eigenvalue weighted by Crippen LogP contribution is 2.42. The Labute approximate surface area is 237 Å². The summed E-state index contributed by atoms with van der Waals surface area (Å²) in [5, 5.41) is 2.95. The van der Waals surface area contributed by atoms with Gasteiger partial charge >= 0.3 is 6.18 Å². The number of benzene rings is 3. The van der Waals surface area contributed by atoms with Crippen molar-refractivity contribution < 1.29 is 27.7 Å².